The lowest BCUT2D eigenvalue weighted by atomic mass is 10.1. The first kappa shape index (κ1) is 18.9. The van der Waals surface area contributed by atoms with Gasteiger partial charge < -0.3 is 9.88 Å². The number of nitrogens with one attached hydrogen (secondary N) is 1. The fourth-order valence-electron chi connectivity index (χ4n) is 2.83. The van der Waals surface area contributed by atoms with Gasteiger partial charge in [0.2, 0.25) is 0 Å². The summed E-state index contributed by atoms with van der Waals surface area (Å²) < 4.78 is 1.79. The second-order valence-electron chi connectivity index (χ2n) is 6.69. The summed E-state index contributed by atoms with van der Waals surface area (Å²) >= 11 is 6.08. The number of rotatable bonds is 5. The van der Waals surface area contributed by atoms with E-state index in [4.69, 9.17) is 11.6 Å². The van der Waals surface area contributed by atoms with Crippen LogP contribution >= 0.6 is 11.6 Å². The number of hydrogen-bond acceptors (Lipinski definition) is 2. The van der Waals surface area contributed by atoms with Gasteiger partial charge >= 0.3 is 0 Å². The summed E-state index contributed by atoms with van der Waals surface area (Å²) in [7, 11) is 0. The molecular weight excluding hydrogens is 360 g/mol. The predicted octanol–water partition coefficient (Wildman–Crippen LogP) is 4.94. The first-order valence-electron chi connectivity index (χ1n) is 8.68. The molecule has 3 aromatic rings. The zero-order valence-electron chi connectivity index (χ0n) is 15.5. The highest BCUT2D eigenvalue weighted by molar-refractivity contribution is 6.46. The summed E-state index contributed by atoms with van der Waals surface area (Å²) in [4.78, 5) is 25.0. The quantitative estimate of drug-likeness (QED) is 0.503. The number of aryl methyl sites for hydroxylation is 3. The Kier molecular flexibility index (Phi) is 5.47. The molecule has 0 saturated heterocycles. The molecule has 3 rings (SSSR count). The molecule has 4 nitrogen and oxygen atoms in total. The van der Waals surface area contributed by atoms with E-state index in [1.807, 2.05) is 13.0 Å². The van der Waals surface area contributed by atoms with Gasteiger partial charge in [0.1, 0.15) is 0 Å². The van der Waals surface area contributed by atoms with E-state index < -0.39 is 11.7 Å². The molecular formula is C22H21ClN2O2. The Bertz CT molecular complexity index is 1020. The Hall–Kier alpha value is -2.85. The molecule has 1 amide bonds. The monoisotopic (exact) mass is 380 g/mol. The SMILES string of the molecule is Cc1ccc(Cn2cccc2C(=O)C(=O)Nc2ccc(C)c(Cl)c2)cc1C. The van der Waals surface area contributed by atoms with Crippen LogP contribution in [0.3, 0.4) is 0 Å². The molecule has 1 aromatic heterocycles. The molecule has 2 aromatic carbocycles. The van der Waals surface area contributed by atoms with Gasteiger partial charge in [0, 0.05) is 23.5 Å². The van der Waals surface area contributed by atoms with Crippen molar-refractivity contribution in [3.8, 4) is 0 Å². The number of benzene rings is 2. The van der Waals surface area contributed by atoms with Crippen LogP contribution in [0.1, 0.15) is 32.7 Å². The number of carbonyl (C=O) groups excluding carboxylic acids is 2. The van der Waals surface area contributed by atoms with Gasteiger partial charge in [-0.1, -0.05) is 35.9 Å². The van der Waals surface area contributed by atoms with E-state index in [-0.39, 0.29) is 0 Å². The zero-order chi connectivity index (χ0) is 19.6. The summed E-state index contributed by atoms with van der Waals surface area (Å²) in [6, 6.07) is 14.8. The molecule has 27 heavy (non-hydrogen) atoms. The summed E-state index contributed by atoms with van der Waals surface area (Å²) in [5, 5.41) is 3.16. The van der Waals surface area contributed by atoms with Crippen LogP contribution in [0.4, 0.5) is 5.69 Å². The first-order valence-corrected chi connectivity index (χ1v) is 9.06. The highest BCUT2D eigenvalue weighted by Crippen LogP contribution is 2.20. The van der Waals surface area contributed by atoms with Crippen LogP contribution in [-0.4, -0.2) is 16.3 Å². The van der Waals surface area contributed by atoms with Gasteiger partial charge in [-0.2, -0.15) is 0 Å². The van der Waals surface area contributed by atoms with Crippen molar-refractivity contribution in [3.05, 3.63) is 87.7 Å². The van der Waals surface area contributed by atoms with E-state index in [1.165, 1.54) is 11.1 Å². The van der Waals surface area contributed by atoms with Crippen LogP contribution in [0.2, 0.25) is 5.02 Å². The molecule has 1 N–H and O–H groups in total. The number of hydrogen-bond donors (Lipinski definition) is 1. The molecule has 0 radical (unpaired) electrons. The second kappa shape index (κ2) is 7.80. The highest BCUT2D eigenvalue weighted by Gasteiger charge is 2.20. The molecule has 0 aliphatic rings. The summed E-state index contributed by atoms with van der Waals surface area (Å²) in [6.07, 6.45) is 1.80. The Morgan fingerprint density at radius 1 is 0.963 bits per heavy atom. The van der Waals surface area contributed by atoms with Crippen molar-refractivity contribution >= 4 is 29.0 Å². The smallest absolute Gasteiger partial charge is 0.298 e. The lowest BCUT2D eigenvalue weighted by Crippen LogP contribution is -2.25. The minimum atomic E-state index is -0.685. The van der Waals surface area contributed by atoms with Gasteiger partial charge in [-0.05, 0) is 67.3 Å². The molecule has 0 saturated carbocycles. The minimum Gasteiger partial charge on any atom is -0.340 e. The predicted molar refractivity (Wildman–Crippen MR) is 109 cm³/mol. The summed E-state index contributed by atoms with van der Waals surface area (Å²) in [6.45, 7) is 6.52. The summed E-state index contributed by atoms with van der Waals surface area (Å²) in [5.41, 5.74) is 5.25. The van der Waals surface area contributed by atoms with Gasteiger partial charge in [-0.3, -0.25) is 9.59 Å². The molecule has 1 heterocycles. The third kappa shape index (κ3) is 4.29. The molecule has 138 valence electrons. The number of halogens is 1. The number of aromatic nitrogens is 1. The van der Waals surface area contributed by atoms with E-state index in [0.717, 1.165) is 11.1 Å². The van der Waals surface area contributed by atoms with Crippen molar-refractivity contribution < 1.29 is 9.59 Å². The van der Waals surface area contributed by atoms with E-state index in [2.05, 4.69) is 31.3 Å². The Balaban J connectivity index is 1.77. The van der Waals surface area contributed by atoms with Gasteiger partial charge in [0.05, 0.1) is 5.69 Å². The van der Waals surface area contributed by atoms with Crippen molar-refractivity contribution in [3.63, 3.8) is 0 Å². The van der Waals surface area contributed by atoms with Crippen molar-refractivity contribution in [2.75, 3.05) is 5.32 Å². The average molecular weight is 381 g/mol. The number of nitrogens with zero attached hydrogens (tertiary/aromatic N) is 1. The van der Waals surface area contributed by atoms with Gasteiger partial charge in [0.15, 0.2) is 0 Å². The van der Waals surface area contributed by atoms with Gasteiger partial charge in [-0.25, -0.2) is 0 Å². The Labute approximate surface area is 163 Å². The maximum absolute atomic E-state index is 12.6. The maximum Gasteiger partial charge on any atom is 0.298 e. The van der Waals surface area contributed by atoms with Crippen LogP contribution in [0.25, 0.3) is 0 Å². The van der Waals surface area contributed by atoms with Gasteiger partial charge in [0.25, 0.3) is 11.7 Å². The third-order valence-electron chi connectivity index (χ3n) is 4.62. The van der Waals surface area contributed by atoms with Crippen LogP contribution in [0, 0.1) is 20.8 Å². The largest absolute Gasteiger partial charge is 0.340 e. The molecule has 0 unspecified atom stereocenters. The first-order chi connectivity index (χ1) is 12.8. The fourth-order valence-corrected chi connectivity index (χ4v) is 3.01. The van der Waals surface area contributed by atoms with Crippen molar-refractivity contribution in [1.29, 1.82) is 0 Å². The third-order valence-corrected chi connectivity index (χ3v) is 5.03. The lowest BCUT2D eigenvalue weighted by Gasteiger charge is -2.11. The number of carbonyl (C=O) groups is 2. The number of anilines is 1. The molecule has 0 bridgehead atoms. The van der Waals surface area contributed by atoms with E-state index >= 15 is 0 Å². The number of Topliss-reactive ketones (excluding diaryl/α,β-unsaturated/α-hetero) is 1. The fraction of sp³-hybridized carbons (Fsp3) is 0.182. The van der Waals surface area contributed by atoms with E-state index in [9.17, 15) is 9.59 Å². The molecule has 0 aliphatic heterocycles. The van der Waals surface area contributed by atoms with Crippen LogP contribution < -0.4 is 5.32 Å². The molecule has 0 atom stereocenters. The van der Waals surface area contributed by atoms with Crippen LogP contribution in [0.15, 0.2) is 54.7 Å². The molecule has 0 fully saturated rings. The zero-order valence-corrected chi connectivity index (χ0v) is 16.3. The maximum atomic E-state index is 12.6. The van der Waals surface area contributed by atoms with Crippen molar-refractivity contribution in [1.82, 2.24) is 4.57 Å². The molecule has 0 spiro atoms. The second-order valence-corrected chi connectivity index (χ2v) is 7.09. The standard InChI is InChI=1S/C22H21ClN2O2/c1-14-6-8-17(11-16(14)3)13-25-10-4-5-20(25)21(26)22(27)24-18-9-7-15(2)19(23)12-18/h4-12H,13H2,1-3H3,(H,24,27). The molecule has 5 heteroatoms. The number of amides is 1. The minimum absolute atomic E-state index is 0.351. The Morgan fingerprint density at radius 2 is 1.70 bits per heavy atom. The van der Waals surface area contributed by atoms with Crippen molar-refractivity contribution in [2.24, 2.45) is 0 Å². The summed E-state index contributed by atoms with van der Waals surface area (Å²) in [5.74, 6) is -1.27. The van der Waals surface area contributed by atoms with Gasteiger partial charge in [-0.15, -0.1) is 0 Å². The lowest BCUT2D eigenvalue weighted by molar-refractivity contribution is -0.112. The molecule has 0 aliphatic carbocycles. The Morgan fingerprint density at radius 3 is 2.41 bits per heavy atom. The highest BCUT2D eigenvalue weighted by atomic mass is 35.5. The average Bonchev–Trinajstić information content (AvgIpc) is 3.08. The van der Waals surface area contributed by atoms with E-state index in [1.54, 1.807) is 41.1 Å². The van der Waals surface area contributed by atoms with Crippen LogP contribution in [0.5, 0.6) is 0 Å². The van der Waals surface area contributed by atoms with Crippen molar-refractivity contribution in [2.45, 2.75) is 27.3 Å². The normalized spacial score (nSPS) is 10.7. The number of ketones is 1. The van der Waals surface area contributed by atoms with E-state index in [0.29, 0.717) is 22.9 Å². The van der Waals surface area contributed by atoms with Crippen LogP contribution in [-0.2, 0) is 11.3 Å². The topological polar surface area (TPSA) is 51.1 Å².